The van der Waals surface area contributed by atoms with Gasteiger partial charge in [0.25, 0.3) is 5.91 Å². The molecule has 96 valence electrons. The molecule has 0 saturated heterocycles. The van der Waals surface area contributed by atoms with E-state index in [4.69, 9.17) is 5.73 Å². The number of benzene rings is 1. The number of nitrogens with two attached hydrogens (primary N) is 1. The molecule has 0 spiro atoms. The fraction of sp³-hybridized carbons (Fsp3) is 0.250. The average molecular weight is 249 g/mol. The summed E-state index contributed by atoms with van der Waals surface area (Å²) in [5.41, 5.74) is 5.41. The minimum atomic E-state index is -0.483. The first-order chi connectivity index (χ1) is 8.59. The zero-order valence-corrected chi connectivity index (χ0v) is 9.81. The van der Waals surface area contributed by atoms with Crippen LogP contribution in [0, 0.1) is 0 Å². The number of hydrogen-bond donors (Lipinski definition) is 3. The van der Waals surface area contributed by atoms with Crippen LogP contribution in [0.4, 0.5) is 0 Å². The Hall–Kier alpha value is -2.37. The van der Waals surface area contributed by atoms with E-state index in [1.807, 2.05) is 0 Å². The predicted octanol–water partition coefficient (Wildman–Crippen LogP) is -0.592. The lowest BCUT2D eigenvalue weighted by atomic mass is 10.2. The van der Waals surface area contributed by atoms with Gasteiger partial charge in [-0.2, -0.15) is 0 Å². The molecule has 0 aliphatic heterocycles. The zero-order chi connectivity index (χ0) is 13.4. The predicted molar refractivity (Wildman–Crippen MR) is 65.6 cm³/mol. The molecule has 0 heterocycles. The summed E-state index contributed by atoms with van der Waals surface area (Å²) in [5, 5.41) is 4.94. The van der Waals surface area contributed by atoms with Gasteiger partial charge in [-0.05, 0) is 12.1 Å². The van der Waals surface area contributed by atoms with Crippen molar-refractivity contribution in [1.82, 2.24) is 10.6 Å². The van der Waals surface area contributed by atoms with Crippen LogP contribution in [-0.4, -0.2) is 30.8 Å². The lowest BCUT2D eigenvalue weighted by Crippen LogP contribution is -2.38. The van der Waals surface area contributed by atoms with Gasteiger partial charge >= 0.3 is 0 Å². The van der Waals surface area contributed by atoms with E-state index >= 15 is 0 Å². The molecule has 6 heteroatoms. The van der Waals surface area contributed by atoms with Crippen molar-refractivity contribution in [2.75, 3.05) is 13.1 Å². The molecule has 3 amide bonds. The quantitative estimate of drug-likeness (QED) is 0.628. The van der Waals surface area contributed by atoms with E-state index in [2.05, 4.69) is 10.6 Å². The Balaban J connectivity index is 2.26. The first-order valence-corrected chi connectivity index (χ1v) is 5.48. The number of primary amides is 1. The summed E-state index contributed by atoms with van der Waals surface area (Å²) in [6, 6.07) is 8.58. The van der Waals surface area contributed by atoms with Gasteiger partial charge in [-0.15, -0.1) is 0 Å². The minimum absolute atomic E-state index is 0.0817. The fourth-order valence-corrected chi connectivity index (χ4v) is 1.24. The Bertz CT molecular complexity index is 431. The highest BCUT2D eigenvalue weighted by molar-refractivity contribution is 5.96. The van der Waals surface area contributed by atoms with E-state index in [1.54, 1.807) is 30.3 Å². The van der Waals surface area contributed by atoms with Crippen molar-refractivity contribution in [3.63, 3.8) is 0 Å². The molecule has 1 aromatic rings. The second kappa shape index (κ2) is 7.05. The van der Waals surface area contributed by atoms with Gasteiger partial charge in [0, 0.05) is 18.5 Å². The SMILES string of the molecule is NC(=O)CCNC(=O)CNC(=O)c1ccccc1. The maximum Gasteiger partial charge on any atom is 0.251 e. The molecule has 0 aliphatic carbocycles. The summed E-state index contributed by atoms with van der Waals surface area (Å²) in [6.07, 6.45) is 0.0817. The summed E-state index contributed by atoms with van der Waals surface area (Å²) in [4.78, 5) is 33.3. The van der Waals surface area contributed by atoms with Crippen LogP contribution in [0.5, 0.6) is 0 Å². The summed E-state index contributed by atoms with van der Waals surface area (Å²) in [5.74, 6) is -1.16. The lowest BCUT2D eigenvalue weighted by molar-refractivity contribution is -0.120. The highest BCUT2D eigenvalue weighted by Crippen LogP contribution is 1.97. The van der Waals surface area contributed by atoms with Gasteiger partial charge in [0.1, 0.15) is 0 Å². The van der Waals surface area contributed by atoms with E-state index in [9.17, 15) is 14.4 Å². The summed E-state index contributed by atoms with van der Waals surface area (Å²) < 4.78 is 0. The Labute approximate surface area is 105 Å². The number of carbonyl (C=O) groups excluding carboxylic acids is 3. The van der Waals surface area contributed by atoms with Crippen LogP contribution in [0.15, 0.2) is 30.3 Å². The highest BCUT2D eigenvalue weighted by Gasteiger charge is 2.07. The molecular formula is C12H15N3O3. The van der Waals surface area contributed by atoms with Crippen molar-refractivity contribution in [3.8, 4) is 0 Å². The molecule has 0 saturated carbocycles. The van der Waals surface area contributed by atoms with Crippen molar-refractivity contribution >= 4 is 17.7 Å². The summed E-state index contributed by atoms with van der Waals surface area (Å²) >= 11 is 0. The average Bonchev–Trinajstić information content (AvgIpc) is 2.36. The Morgan fingerprint density at radius 2 is 1.72 bits per heavy atom. The number of amides is 3. The van der Waals surface area contributed by atoms with Crippen molar-refractivity contribution in [2.24, 2.45) is 5.73 Å². The molecule has 0 bridgehead atoms. The molecule has 0 radical (unpaired) electrons. The number of rotatable bonds is 6. The highest BCUT2D eigenvalue weighted by atomic mass is 16.2. The van der Waals surface area contributed by atoms with Crippen molar-refractivity contribution < 1.29 is 14.4 Å². The van der Waals surface area contributed by atoms with Crippen LogP contribution in [0.3, 0.4) is 0 Å². The Morgan fingerprint density at radius 3 is 2.33 bits per heavy atom. The van der Waals surface area contributed by atoms with Crippen molar-refractivity contribution in [1.29, 1.82) is 0 Å². The molecule has 0 fully saturated rings. The molecule has 6 nitrogen and oxygen atoms in total. The molecule has 1 rings (SSSR count). The van der Waals surface area contributed by atoms with Crippen LogP contribution in [0.25, 0.3) is 0 Å². The Kier molecular flexibility index (Phi) is 5.37. The first-order valence-electron chi connectivity index (χ1n) is 5.48. The first kappa shape index (κ1) is 13.7. The summed E-state index contributed by atoms with van der Waals surface area (Å²) in [7, 11) is 0. The molecule has 0 aliphatic rings. The van der Waals surface area contributed by atoms with E-state index in [-0.39, 0.29) is 31.3 Å². The molecular weight excluding hydrogens is 234 g/mol. The maximum absolute atomic E-state index is 11.6. The van der Waals surface area contributed by atoms with E-state index in [0.29, 0.717) is 5.56 Å². The number of carbonyl (C=O) groups is 3. The van der Waals surface area contributed by atoms with Gasteiger partial charge in [-0.1, -0.05) is 18.2 Å². The molecule has 1 aromatic carbocycles. The third-order valence-corrected chi connectivity index (χ3v) is 2.14. The smallest absolute Gasteiger partial charge is 0.251 e. The molecule has 18 heavy (non-hydrogen) atoms. The second-order valence-electron chi connectivity index (χ2n) is 3.61. The van der Waals surface area contributed by atoms with Crippen LogP contribution in [0.1, 0.15) is 16.8 Å². The van der Waals surface area contributed by atoms with Crippen LogP contribution in [0.2, 0.25) is 0 Å². The van der Waals surface area contributed by atoms with Gasteiger partial charge in [0.05, 0.1) is 6.54 Å². The minimum Gasteiger partial charge on any atom is -0.370 e. The number of nitrogens with one attached hydrogen (secondary N) is 2. The lowest BCUT2D eigenvalue weighted by Gasteiger charge is -2.06. The summed E-state index contributed by atoms with van der Waals surface area (Å²) in [6.45, 7) is 0.0435. The molecule has 0 aromatic heterocycles. The standard InChI is InChI=1S/C12H15N3O3/c13-10(16)6-7-14-11(17)8-15-12(18)9-4-2-1-3-5-9/h1-5H,6-8H2,(H2,13,16)(H,14,17)(H,15,18). The normalized spacial score (nSPS) is 9.56. The monoisotopic (exact) mass is 249 g/mol. The van der Waals surface area contributed by atoms with E-state index in [1.165, 1.54) is 0 Å². The van der Waals surface area contributed by atoms with Crippen molar-refractivity contribution in [3.05, 3.63) is 35.9 Å². The third-order valence-electron chi connectivity index (χ3n) is 2.14. The number of hydrogen-bond acceptors (Lipinski definition) is 3. The van der Waals surface area contributed by atoms with Crippen molar-refractivity contribution in [2.45, 2.75) is 6.42 Å². The topological polar surface area (TPSA) is 101 Å². The second-order valence-corrected chi connectivity index (χ2v) is 3.61. The van der Waals surface area contributed by atoms with E-state index in [0.717, 1.165) is 0 Å². The van der Waals surface area contributed by atoms with Gasteiger partial charge < -0.3 is 16.4 Å². The molecule has 0 unspecified atom stereocenters. The largest absolute Gasteiger partial charge is 0.370 e. The van der Waals surface area contributed by atoms with E-state index < -0.39 is 5.91 Å². The van der Waals surface area contributed by atoms with Gasteiger partial charge in [-0.25, -0.2) is 0 Å². The van der Waals surface area contributed by atoms with Gasteiger partial charge in [0.2, 0.25) is 11.8 Å². The van der Waals surface area contributed by atoms with Crippen LogP contribution >= 0.6 is 0 Å². The molecule has 4 N–H and O–H groups in total. The van der Waals surface area contributed by atoms with Gasteiger partial charge in [0.15, 0.2) is 0 Å². The van der Waals surface area contributed by atoms with Crippen LogP contribution in [-0.2, 0) is 9.59 Å². The maximum atomic E-state index is 11.6. The molecule has 0 atom stereocenters. The fourth-order valence-electron chi connectivity index (χ4n) is 1.24. The third kappa shape index (κ3) is 5.11. The Morgan fingerprint density at radius 1 is 1.06 bits per heavy atom. The van der Waals surface area contributed by atoms with Gasteiger partial charge in [-0.3, -0.25) is 14.4 Å². The van der Waals surface area contributed by atoms with Crippen LogP contribution < -0.4 is 16.4 Å². The zero-order valence-electron chi connectivity index (χ0n) is 9.81.